The quantitative estimate of drug-likeness (QED) is 0.613. The van der Waals surface area contributed by atoms with E-state index >= 15 is 0 Å². The van der Waals surface area contributed by atoms with Gasteiger partial charge >= 0.3 is 0 Å². The summed E-state index contributed by atoms with van der Waals surface area (Å²) in [5, 5.41) is 1.22. The number of hydrogen-bond acceptors (Lipinski definition) is 3. The maximum atomic E-state index is 13.5. The van der Waals surface area contributed by atoms with Gasteiger partial charge in [0.05, 0.1) is 6.21 Å². The van der Waals surface area contributed by atoms with Gasteiger partial charge in [0, 0.05) is 10.8 Å². The topological polar surface area (TPSA) is 34.5 Å². The van der Waals surface area contributed by atoms with Crippen LogP contribution in [0.25, 0.3) is 10.8 Å². The molecule has 0 aliphatic carbocycles. The number of halogens is 1. The number of aromatic nitrogens is 1. The number of nitrogens with zero attached hydrogens (tertiary/aromatic N) is 2. The van der Waals surface area contributed by atoms with E-state index in [1.54, 1.807) is 12.1 Å². The Balaban J connectivity index is 2.45. The third kappa shape index (κ3) is 1.18. The fraction of sp³-hybridized carbons (Fsp3) is 0.0909. The predicted molar refractivity (Wildman–Crippen MR) is 54.8 cm³/mol. The largest absolute Gasteiger partial charge is 0.468 e. The third-order valence-corrected chi connectivity index (χ3v) is 2.34. The lowest BCUT2D eigenvalue weighted by Gasteiger charge is -2.13. The van der Waals surface area contributed by atoms with Crippen molar-refractivity contribution in [1.29, 1.82) is 0 Å². The first-order chi connectivity index (χ1) is 7.36. The first-order valence-electron chi connectivity index (χ1n) is 4.57. The van der Waals surface area contributed by atoms with Crippen LogP contribution < -0.4 is 4.74 Å². The Labute approximate surface area is 85.2 Å². The van der Waals surface area contributed by atoms with Crippen molar-refractivity contribution < 1.29 is 9.13 Å². The molecule has 1 aromatic heterocycles. The zero-order valence-electron chi connectivity index (χ0n) is 7.77. The standard InChI is InChI=1S/C11H7FN2O/c12-11-8-4-2-1-3-7(8)10-9(14-11)5-13-6-15-10/h1-5H,6H2. The van der Waals surface area contributed by atoms with E-state index in [4.69, 9.17) is 4.74 Å². The molecule has 0 unspecified atom stereocenters. The van der Waals surface area contributed by atoms with Crippen LogP contribution >= 0.6 is 0 Å². The second-order valence-corrected chi connectivity index (χ2v) is 3.25. The molecule has 0 atom stereocenters. The summed E-state index contributed by atoms with van der Waals surface area (Å²) in [4.78, 5) is 7.69. The fourth-order valence-corrected chi connectivity index (χ4v) is 1.68. The molecular weight excluding hydrogens is 195 g/mol. The van der Waals surface area contributed by atoms with Crippen LogP contribution in [0.2, 0.25) is 0 Å². The summed E-state index contributed by atoms with van der Waals surface area (Å²) in [6.45, 7) is 0.268. The lowest BCUT2D eigenvalue weighted by molar-refractivity contribution is 0.327. The highest BCUT2D eigenvalue weighted by Crippen LogP contribution is 2.30. The molecule has 0 saturated carbocycles. The van der Waals surface area contributed by atoms with Gasteiger partial charge in [0.2, 0.25) is 5.95 Å². The molecule has 0 fully saturated rings. The summed E-state index contributed by atoms with van der Waals surface area (Å²) < 4.78 is 18.9. The molecule has 2 heterocycles. The van der Waals surface area contributed by atoms with Gasteiger partial charge in [0.1, 0.15) is 5.69 Å². The lowest BCUT2D eigenvalue weighted by atomic mass is 10.1. The highest BCUT2D eigenvalue weighted by atomic mass is 19.1. The molecule has 4 heteroatoms. The lowest BCUT2D eigenvalue weighted by Crippen LogP contribution is -2.07. The van der Waals surface area contributed by atoms with E-state index in [0.717, 1.165) is 5.39 Å². The molecule has 0 radical (unpaired) electrons. The smallest absolute Gasteiger partial charge is 0.221 e. The molecule has 0 N–H and O–H groups in total. The van der Waals surface area contributed by atoms with Gasteiger partial charge in [-0.3, -0.25) is 4.99 Å². The average molecular weight is 202 g/mol. The molecule has 15 heavy (non-hydrogen) atoms. The van der Waals surface area contributed by atoms with E-state index in [-0.39, 0.29) is 6.73 Å². The summed E-state index contributed by atoms with van der Waals surface area (Å²) in [5.41, 5.74) is 0.456. The second kappa shape index (κ2) is 3.02. The maximum absolute atomic E-state index is 13.5. The van der Waals surface area contributed by atoms with Crippen molar-refractivity contribution in [3.8, 4) is 5.75 Å². The summed E-state index contributed by atoms with van der Waals surface area (Å²) in [5.74, 6) is 0.128. The molecule has 3 nitrogen and oxygen atoms in total. The summed E-state index contributed by atoms with van der Waals surface area (Å²) in [7, 11) is 0. The van der Waals surface area contributed by atoms with E-state index in [0.29, 0.717) is 16.8 Å². The minimum atomic E-state index is -0.485. The predicted octanol–water partition coefficient (Wildman–Crippen LogP) is 2.14. The Morgan fingerprint density at radius 3 is 2.87 bits per heavy atom. The number of ether oxygens (including phenoxy) is 1. The van der Waals surface area contributed by atoms with Crippen LogP contribution in [0.5, 0.6) is 5.75 Å². The van der Waals surface area contributed by atoms with Gasteiger partial charge in [-0.2, -0.15) is 4.39 Å². The van der Waals surface area contributed by atoms with E-state index in [1.807, 2.05) is 12.1 Å². The van der Waals surface area contributed by atoms with Crippen molar-refractivity contribution in [3.05, 3.63) is 35.9 Å². The average Bonchev–Trinajstić information content (AvgIpc) is 2.30. The summed E-state index contributed by atoms with van der Waals surface area (Å²) in [6.07, 6.45) is 1.54. The monoisotopic (exact) mass is 202 g/mol. The van der Waals surface area contributed by atoms with Crippen LogP contribution in [0.15, 0.2) is 29.3 Å². The fourth-order valence-electron chi connectivity index (χ4n) is 1.68. The first-order valence-corrected chi connectivity index (χ1v) is 4.57. The van der Waals surface area contributed by atoms with Crippen molar-refractivity contribution in [1.82, 2.24) is 4.98 Å². The van der Waals surface area contributed by atoms with Crippen LogP contribution in [0.4, 0.5) is 4.39 Å². The number of fused-ring (bicyclic) bond motifs is 3. The van der Waals surface area contributed by atoms with Crippen LogP contribution in [0.3, 0.4) is 0 Å². The van der Waals surface area contributed by atoms with Gasteiger partial charge in [-0.1, -0.05) is 18.2 Å². The Bertz CT molecular complexity index is 566. The number of benzene rings is 1. The van der Waals surface area contributed by atoms with Gasteiger partial charge < -0.3 is 4.74 Å². The Morgan fingerprint density at radius 1 is 1.20 bits per heavy atom. The minimum Gasteiger partial charge on any atom is -0.468 e. The molecule has 1 aliphatic heterocycles. The molecule has 2 aromatic rings. The SMILES string of the molecule is Fc1nc2c(c3ccccc13)OCN=C2. The molecule has 0 spiro atoms. The summed E-state index contributed by atoms with van der Waals surface area (Å²) >= 11 is 0. The van der Waals surface area contributed by atoms with Crippen LogP contribution in [-0.2, 0) is 0 Å². The minimum absolute atomic E-state index is 0.268. The number of rotatable bonds is 0. The number of aliphatic imine (C=N–C) groups is 1. The van der Waals surface area contributed by atoms with Crippen LogP contribution in [0, 0.1) is 5.95 Å². The van der Waals surface area contributed by atoms with Crippen molar-refractivity contribution in [3.63, 3.8) is 0 Å². The van der Waals surface area contributed by atoms with E-state index in [9.17, 15) is 4.39 Å². The Hall–Kier alpha value is -1.97. The van der Waals surface area contributed by atoms with Gasteiger partial charge in [-0.15, -0.1) is 0 Å². The van der Waals surface area contributed by atoms with Gasteiger partial charge in [-0.25, -0.2) is 4.98 Å². The zero-order valence-corrected chi connectivity index (χ0v) is 7.77. The summed E-state index contributed by atoms with van der Waals surface area (Å²) in [6, 6.07) is 7.12. The number of pyridine rings is 1. The van der Waals surface area contributed by atoms with Crippen molar-refractivity contribution in [2.45, 2.75) is 0 Å². The van der Waals surface area contributed by atoms with Crippen molar-refractivity contribution >= 4 is 17.0 Å². The van der Waals surface area contributed by atoms with Crippen molar-refractivity contribution in [2.24, 2.45) is 4.99 Å². The number of hydrogen-bond donors (Lipinski definition) is 0. The van der Waals surface area contributed by atoms with Gasteiger partial charge in [-0.05, 0) is 6.07 Å². The van der Waals surface area contributed by atoms with Crippen LogP contribution in [-0.4, -0.2) is 17.9 Å². The van der Waals surface area contributed by atoms with Crippen LogP contribution in [0.1, 0.15) is 5.69 Å². The van der Waals surface area contributed by atoms with Gasteiger partial charge in [0.15, 0.2) is 12.5 Å². The molecule has 0 amide bonds. The molecular formula is C11H7FN2O. The zero-order chi connectivity index (χ0) is 10.3. The van der Waals surface area contributed by atoms with E-state index < -0.39 is 5.95 Å². The maximum Gasteiger partial charge on any atom is 0.221 e. The second-order valence-electron chi connectivity index (χ2n) is 3.25. The molecule has 0 bridgehead atoms. The highest BCUT2D eigenvalue weighted by molar-refractivity contribution is 5.96. The molecule has 1 aromatic carbocycles. The van der Waals surface area contributed by atoms with E-state index in [1.165, 1.54) is 6.21 Å². The normalized spacial score (nSPS) is 13.7. The van der Waals surface area contributed by atoms with E-state index in [2.05, 4.69) is 9.98 Å². The third-order valence-electron chi connectivity index (χ3n) is 2.34. The highest BCUT2D eigenvalue weighted by Gasteiger charge is 2.15. The Morgan fingerprint density at radius 2 is 2.00 bits per heavy atom. The molecule has 1 aliphatic rings. The van der Waals surface area contributed by atoms with Crippen molar-refractivity contribution in [2.75, 3.05) is 6.73 Å². The molecule has 74 valence electrons. The first kappa shape index (κ1) is 8.35. The molecule has 3 rings (SSSR count). The van der Waals surface area contributed by atoms with Gasteiger partial charge in [0.25, 0.3) is 0 Å². The molecule has 0 saturated heterocycles. The Kier molecular flexibility index (Phi) is 1.68.